The van der Waals surface area contributed by atoms with E-state index in [1.54, 1.807) is 0 Å². The number of aromatic amines is 1. The van der Waals surface area contributed by atoms with Crippen LogP contribution >= 0.6 is 0 Å². The van der Waals surface area contributed by atoms with Crippen molar-refractivity contribution in [2.24, 2.45) is 0 Å². The van der Waals surface area contributed by atoms with Crippen molar-refractivity contribution < 1.29 is 4.79 Å². The van der Waals surface area contributed by atoms with Crippen molar-refractivity contribution in [3.8, 4) is 0 Å². The summed E-state index contributed by atoms with van der Waals surface area (Å²) in [5.41, 5.74) is 2.31. The van der Waals surface area contributed by atoms with Gasteiger partial charge in [0.25, 0.3) is 5.56 Å². The van der Waals surface area contributed by atoms with E-state index < -0.39 is 0 Å². The van der Waals surface area contributed by atoms with E-state index in [-0.39, 0.29) is 5.56 Å². The zero-order chi connectivity index (χ0) is 10.7. The van der Waals surface area contributed by atoms with Crippen molar-refractivity contribution in [3.63, 3.8) is 0 Å². The molecule has 2 aromatic rings. The number of H-pyrrole nitrogens is 1. The predicted molar refractivity (Wildman–Crippen MR) is 56.7 cm³/mol. The minimum Gasteiger partial charge on any atom is -0.319 e. The second-order valence-corrected chi connectivity index (χ2v) is 3.30. The number of carbonyl (C=O) groups excluding carboxylic acids is 1. The van der Waals surface area contributed by atoms with Gasteiger partial charge in [-0.15, -0.1) is 0 Å². The van der Waals surface area contributed by atoms with Crippen molar-refractivity contribution in [2.75, 3.05) is 0 Å². The van der Waals surface area contributed by atoms with Crippen LogP contribution in [0.4, 0.5) is 0 Å². The van der Waals surface area contributed by atoms with Crippen LogP contribution in [0.2, 0.25) is 0 Å². The van der Waals surface area contributed by atoms with Crippen molar-refractivity contribution in [1.29, 1.82) is 0 Å². The van der Waals surface area contributed by atoms with Gasteiger partial charge in [-0.1, -0.05) is 6.07 Å². The molecule has 0 fully saturated rings. The average molecular weight is 202 g/mol. The Labute approximate surface area is 86.0 Å². The van der Waals surface area contributed by atoms with Crippen LogP contribution in [0, 0.1) is 0 Å². The fourth-order valence-corrected chi connectivity index (χ4v) is 1.46. The maximum Gasteiger partial charge on any atom is 0.266 e. The van der Waals surface area contributed by atoms with Gasteiger partial charge in [0.2, 0.25) is 0 Å². The molecule has 1 heterocycles. The summed E-state index contributed by atoms with van der Waals surface area (Å²) in [5.74, 6) is 0. The van der Waals surface area contributed by atoms with E-state index >= 15 is 0 Å². The number of benzene rings is 1. The molecular formula is C11H10N2O2. The minimum atomic E-state index is -0.205. The number of rotatable bonds is 3. The molecule has 15 heavy (non-hydrogen) atoms. The van der Waals surface area contributed by atoms with E-state index in [9.17, 15) is 9.59 Å². The van der Waals surface area contributed by atoms with Crippen LogP contribution in [0.5, 0.6) is 0 Å². The summed E-state index contributed by atoms with van der Waals surface area (Å²) < 4.78 is 0. The van der Waals surface area contributed by atoms with Gasteiger partial charge in [-0.3, -0.25) is 4.79 Å². The summed E-state index contributed by atoms with van der Waals surface area (Å²) in [6.07, 6.45) is 3.37. The molecule has 0 aliphatic heterocycles. The Morgan fingerprint density at radius 1 is 1.40 bits per heavy atom. The molecule has 0 bridgehead atoms. The van der Waals surface area contributed by atoms with Gasteiger partial charge in [0.15, 0.2) is 0 Å². The Morgan fingerprint density at radius 2 is 2.27 bits per heavy atom. The molecule has 0 atom stereocenters. The first-order chi connectivity index (χ1) is 7.29. The zero-order valence-corrected chi connectivity index (χ0v) is 8.06. The summed E-state index contributed by atoms with van der Waals surface area (Å²) in [5, 5.41) is 0. The number of fused-ring (bicyclic) bond motifs is 1. The van der Waals surface area contributed by atoms with Gasteiger partial charge in [0, 0.05) is 6.42 Å². The largest absolute Gasteiger partial charge is 0.319 e. The maximum absolute atomic E-state index is 11.0. The number of aldehydes is 1. The SMILES string of the molecule is O=CCCc1ccc2[nH]c(=O)cnc2c1. The Kier molecular flexibility index (Phi) is 2.58. The molecule has 4 nitrogen and oxygen atoms in total. The smallest absolute Gasteiger partial charge is 0.266 e. The molecule has 1 aromatic carbocycles. The number of hydrogen-bond acceptors (Lipinski definition) is 3. The van der Waals surface area contributed by atoms with Crippen LogP contribution in [0.1, 0.15) is 12.0 Å². The first-order valence-electron chi connectivity index (χ1n) is 4.71. The van der Waals surface area contributed by atoms with Gasteiger partial charge in [0.1, 0.15) is 6.29 Å². The highest BCUT2D eigenvalue weighted by Gasteiger charge is 1.98. The lowest BCUT2D eigenvalue weighted by Gasteiger charge is -2.00. The first kappa shape index (κ1) is 9.58. The second-order valence-electron chi connectivity index (χ2n) is 3.30. The molecule has 76 valence electrons. The van der Waals surface area contributed by atoms with Gasteiger partial charge >= 0.3 is 0 Å². The summed E-state index contributed by atoms with van der Waals surface area (Å²) >= 11 is 0. The Hall–Kier alpha value is -1.97. The molecule has 0 saturated carbocycles. The number of nitrogens with zero attached hydrogens (tertiary/aromatic N) is 1. The normalized spacial score (nSPS) is 10.4. The number of nitrogens with one attached hydrogen (secondary N) is 1. The van der Waals surface area contributed by atoms with Crippen LogP contribution in [-0.2, 0) is 11.2 Å². The number of aromatic nitrogens is 2. The van der Waals surface area contributed by atoms with Crippen molar-refractivity contribution >= 4 is 17.3 Å². The second kappa shape index (κ2) is 4.04. The maximum atomic E-state index is 11.0. The highest BCUT2D eigenvalue weighted by atomic mass is 16.1. The van der Waals surface area contributed by atoms with Crippen LogP contribution in [-0.4, -0.2) is 16.3 Å². The molecule has 0 amide bonds. The van der Waals surface area contributed by atoms with E-state index in [0.717, 1.165) is 22.9 Å². The van der Waals surface area contributed by atoms with Gasteiger partial charge in [0.05, 0.1) is 17.2 Å². The van der Waals surface area contributed by atoms with E-state index in [4.69, 9.17) is 0 Å². The number of aryl methyl sites for hydroxylation is 1. The number of carbonyl (C=O) groups is 1. The Balaban J connectivity index is 2.43. The van der Waals surface area contributed by atoms with Crippen LogP contribution in [0.25, 0.3) is 11.0 Å². The molecule has 0 spiro atoms. The molecule has 0 unspecified atom stereocenters. The molecule has 0 aliphatic rings. The van der Waals surface area contributed by atoms with Crippen LogP contribution in [0.3, 0.4) is 0 Å². The summed E-state index contributed by atoms with van der Waals surface area (Å²) in [7, 11) is 0. The highest BCUT2D eigenvalue weighted by Crippen LogP contribution is 2.10. The third kappa shape index (κ3) is 2.10. The topological polar surface area (TPSA) is 62.8 Å². The molecule has 2 rings (SSSR count). The molecule has 0 radical (unpaired) electrons. The Bertz CT molecular complexity index is 546. The van der Waals surface area contributed by atoms with Crippen molar-refractivity contribution in [3.05, 3.63) is 40.3 Å². The lowest BCUT2D eigenvalue weighted by atomic mass is 10.1. The molecule has 0 saturated heterocycles. The lowest BCUT2D eigenvalue weighted by Crippen LogP contribution is -2.04. The molecule has 1 aromatic heterocycles. The quantitative estimate of drug-likeness (QED) is 0.757. The van der Waals surface area contributed by atoms with Crippen molar-refractivity contribution in [1.82, 2.24) is 9.97 Å². The minimum absolute atomic E-state index is 0.205. The molecule has 1 N–H and O–H groups in total. The highest BCUT2D eigenvalue weighted by molar-refractivity contribution is 5.74. The zero-order valence-electron chi connectivity index (χ0n) is 8.06. The molecule has 4 heteroatoms. The fourth-order valence-electron chi connectivity index (χ4n) is 1.46. The number of hydrogen-bond donors (Lipinski definition) is 1. The summed E-state index contributed by atoms with van der Waals surface area (Å²) in [4.78, 5) is 27.9. The van der Waals surface area contributed by atoms with Crippen molar-refractivity contribution in [2.45, 2.75) is 12.8 Å². The summed E-state index contributed by atoms with van der Waals surface area (Å²) in [6.45, 7) is 0. The van der Waals surface area contributed by atoms with E-state index in [2.05, 4.69) is 9.97 Å². The van der Waals surface area contributed by atoms with E-state index in [1.165, 1.54) is 6.20 Å². The van der Waals surface area contributed by atoms with E-state index in [1.807, 2.05) is 18.2 Å². The average Bonchev–Trinajstić information content (AvgIpc) is 2.26. The van der Waals surface area contributed by atoms with Crippen LogP contribution < -0.4 is 5.56 Å². The fraction of sp³-hybridized carbons (Fsp3) is 0.182. The van der Waals surface area contributed by atoms with Gasteiger partial charge in [-0.05, 0) is 24.1 Å². The van der Waals surface area contributed by atoms with Crippen LogP contribution in [0.15, 0.2) is 29.2 Å². The Morgan fingerprint density at radius 3 is 3.07 bits per heavy atom. The lowest BCUT2D eigenvalue weighted by molar-refractivity contribution is -0.107. The molecular weight excluding hydrogens is 192 g/mol. The molecule has 0 aliphatic carbocycles. The third-order valence-corrected chi connectivity index (χ3v) is 2.19. The standard InChI is InChI=1S/C11H10N2O2/c14-5-1-2-8-3-4-9-10(6-8)12-7-11(15)13-9/h3-7H,1-2H2,(H,13,15). The first-order valence-corrected chi connectivity index (χ1v) is 4.71. The van der Waals surface area contributed by atoms with Gasteiger partial charge < -0.3 is 9.78 Å². The van der Waals surface area contributed by atoms with Gasteiger partial charge in [-0.25, -0.2) is 4.98 Å². The third-order valence-electron chi connectivity index (χ3n) is 2.19. The van der Waals surface area contributed by atoms with Gasteiger partial charge in [-0.2, -0.15) is 0 Å². The summed E-state index contributed by atoms with van der Waals surface area (Å²) in [6, 6.07) is 5.59. The van der Waals surface area contributed by atoms with E-state index in [0.29, 0.717) is 12.8 Å². The monoisotopic (exact) mass is 202 g/mol. The predicted octanol–water partition coefficient (Wildman–Crippen LogP) is 1.05.